The normalized spacial score (nSPS) is 15.3. The number of nitrogens with one attached hydrogen (secondary N) is 2. The summed E-state index contributed by atoms with van der Waals surface area (Å²) in [6.45, 7) is -0.493. The van der Waals surface area contributed by atoms with Gasteiger partial charge in [0.15, 0.2) is 6.61 Å². The second-order valence-corrected chi connectivity index (χ2v) is 8.50. The molecule has 0 radical (unpaired) electrons. The fourth-order valence-corrected chi connectivity index (χ4v) is 3.88. The van der Waals surface area contributed by atoms with Crippen LogP contribution >= 0.6 is 0 Å². The molecule has 0 fully saturated rings. The Bertz CT molecular complexity index is 1280. The molecule has 2 aromatic rings. The highest BCUT2D eigenvalue weighted by Gasteiger charge is 2.38. The average molecular weight is 539 g/mol. The highest BCUT2D eigenvalue weighted by atomic mass is 16.5. The molecule has 0 saturated carbocycles. The van der Waals surface area contributed by atoms with Crippen molar-refractivity contribution in [3.05, 3.63) is 60.2 Å². The Morgan fingerprint density at radius 3 is 2.31 bits per heavy atom. The smallest absolute Gasteiger partial charge is 0.305 e. The number of hydrogen-bond donors (Lipinski definition) is 3. The van der Waals surface area contributed by atoms with Crippen LogP contribution in [0.5, 0.6) is 0 Å². The van der Waals surface area contributed by atoms with Gasteiger partial charge in [0.1, 0.15) is 18.9 Å². The number of rotatable bonds is 10. The lowest BCUT2D eigenvalue weighted by Gasteiger charge is -2.25. The first kappa shape index (κ1) is 28.5. The van der Waals surface area contributed by atoms with E-state index in [9.17, 15) is 33.6 Å². The van der Waals surface area contributed by atoms with Crippen LogP contribution < -0.4 is 20.4 Å². The minimum Gasteiger partial charge on any atom is -0.481 e. The number of ether oxygens (including phenoxy) is 1. The van der Waals surface area contributed by atoms with E-state index in [2.05, 4.69) is 10.6 Å². The molecular weight excluding hydrogens is 512 g/mol. The number of carboxylic acids is 1. The molecule has 13 nitrogen and oxygen atoms in total. The van der Waals surface area contributed by atoms with Crippen molar-refractivity contribution in [1.29, 1.82) is 0 Å². The number of carboxylic acid groups (broad SMARTS) is 1. The first-order chi connectivity index (χ1) is 18.6. The Balaban J connectivity index is 1.98. The van der Waals surface area contributed by atoms with E-state index in [1.54, 1.807) is 30.3 Å². The summed E-state index contributed by atoms with van der Waals surface area (Å²) in [5, 5.41) is 13.8. The van der Waals surface area contributed by atoms with Crippen molar-refractivity contribution >= 4 is 53.2 Å². The molecule has 2 aromatic carbocycles. The molecule has 0 unspecified atom stereocenters. The molecule has 1 aliphatic heterocycles. The number of aldehydes is 1. The van der Waals surface area contributed by atoms with Gasteiger partial charge in [0, 0.05) is 12.5 Å². The van der Waals surface area contributed by atoms with Crippen LogP contribution in [0.15, 0.2) is 54.6 Å². The van der Waals surface area contributed by atoms with E-state index in [1.807, 2.05) is 0 Å². The number of para-hydroxylation sites is 2. The topological polar surface area (TPSA) is 179 Å². The zero-order chi connectivity index (χ0) is 28.5. The summed E-state index contributed by atoms with van der Waals surface area (Å²) in [5.74, 6) is -4.89. The van der Waals surface area contributed by atoms with Crippen molar-refractivity contribution in [2.75, 3.05) is 29.5 Å². The van der Waals surface area contributed by atoms with Crippen LogP contribution in [0.4, 0.5) is 11.4 Å². The van der Waals surface area contributed by atoms with Crippen molar-refractivity contribution in [3.63, 3.8) is 0 Å². The number of carbonyl (C=O) groups is 7. The van der Waals surface area contributed by atoms with E-state index < -0.39 is 67.2 Å². The molecule has 2 atom stereocenters. The van der Waals surface area contributed by atoms with Crippen molar-refractivity contribution in [3.8, 4) is 0 Å². The summed E-state index contributed by atoms with van der Waals surface area (Å²) in [6, 6.07) is 11.5. The van der Waals surface area contributed by atoms with E-state index in [4.69, 9.17) is 9.84 Å². The molecule has 39 heavy (non-hydrogen) atoms. The van der Waals surface area contributed by atoms with Gasteiger partial charge in [-0.15, -0.1) is 0 Å². The third kappa shape index (κ3) is 7.47. The largest absolute Gasteiger partial charge is 0.481 e. The third-order valence-electron chi connectivity index (χ3n) is 5.64. The molecular formula is C26H26N4O9. The monoisotopic (exact) mass is 538 g/mol. The van der Waals surface area contributed by atoms with Gasteiger partial charge in [-0.2, -0.15) is 0 Å². The molecule has 1 heterocycles. The lowest BCUT2D eigenvalue weighted by atomic mass is 10.1. The van der Waals surface area contributed by atoms with E-state index in [-0.39, 0.29) is 29.8 Å². The molecule has 3 N–H and O–H groups in total. The Kier molecular flexibility index (Phi) is 9.46. The number of nitrogens with zero attached hydrogens (tertiary/aromatic N) is 2. The Labute approximate surface area is 222 Å². The van der Waals surface area contributed by atoms with Gasteiger partial charge in [0.05, 0.1) is 30.4 Å². The van der Waals surface area contributed by atoms with Gasteiger partial charge in [0.2, 0.25) is 5.91 Å². The molecule has 13 heteroatoms. The number of aliphatic carboxylic acids is 1. The quantitative estimate of drug-likeness (QED) is 0.275. The van der Waals surface area contributed by atoms with Crippen molar-refractivity contribution in [2.24, 2.45) is 0 Å². The lowest BCUT2D eigenvalue weighted by Crippen LogP contribution is -2.55. The molecule has 0 bridgehead atoms. The molecule has 0 aliphatic carbocycles. The number of esters is 1. The number of fused-ring (bicyclic) bond motifs is 1. The number of anilines is 2. The van der Waals surface area contributed by atoms with Crippen LogP contribution in [0, 0.1) is 0 Å². The molecule has 4 amide bonds. The zero-order valence-electron chi connectivity index (χ0n) is 20.9. The van der Waals surface area contributed by atoms with Crippen LogP contribution in [0.25, 0.3) is 0 Å². The third-order valence-corrected chi connectivity index (χ3v) is 5.64. The van der Waals surface area contributed by atoms with E-state index >= 15 is 0 Å². The van der Waals surface area contributed by atoms with Gasteiger partial charge in [-0.05, 0) is 24.3 Å². The molecule has 0 aromatic heterocycles. The predicted octanol–water partition coefficient (Wildman–Crippen LogP) is -0.114. The van der Waals surface area contributed by atoms with Crippen molar-refractivity contribution < 1.29 is 43.4 Å². The molecule has 204 valence electrons. The van der Waals surface area contributed by atoms with Gasteiger partial charge >= 0.3 is 11.9 Å². The summed E-state index contributed by atoms with van der Waals surface area (Å²) in [5.41, 5.74) is 0.576. The maximum absolute atomic E-state index is 13.7. The lowest BCUT2D eigenvalue weighted by molar-refractivity contribution is -0.145. The van der Waals surface area contributed by atoms with Gasteiger partial charge < -0.3 is 30.2 Å². The summed E-state index contributed by atoms with van der Waals surface area (Å²) >= 11 is 0. The minimum absolute atomic E-state index is 0.131. The maximum Gasteiger partial charge on any atom is 0.305 e. The Morgan fingerprint density at radius 2 is 1.69 bits per heavy atom. The minimum atomic E-state index is -1.33. The van der Waals surface area contributed by atoms with Crippen LogP contribution in [0.2, 0.25) is 0 Å². The fraction of sp³-hybridized carbons (Fsp3) is 0.269. The number of benzene rings is 2. The summed E-state index contributed by atoms with van der Waals surface area (Å²) in [7, 11) is 0. The van der Waals surface area contributed by atoms with E-state index in [0.717, 1.165) is 11.8 Å². The summed E-state index contributed by atoms with van der Waals surface area (Å²) < 4.78 is 4.84. The van der Waals surface area contributed by atoms with E-state index in [0.29, 0.717) is 0 Å². The number of amides is 4. The number of hydrogen-bond acceptors (Lipinski definition) is 8. The van der Waals surface area contributed by atoms with Gasteiger partial charge in [-0.25, -0.2) is 0 Å². The van der Waals surface area contributed by atoms with E-state index in [1.165, 1.54) is 29.2 Å². The molecule has 0 spiro atoms. The Hall–Kier alpha value is -5.07. The molecule has 1 aliphatic rings. The highest BCUT2D eigenvalue weighted by molar-refractivity contribution is 6.11. The maximum atomic E-state index is 13.7. The highest BCUT2D eigenvalue weighted by Crippen LogP contribution is 2.33. The summed E-state index contributed by atoms with van der Waals surface area (Å²) in [4.78, 5) is 88.2. The van der Waals surface area contributed by atoms with Crippen molar-refractivity contribution in [1.82, 2.24) is 10.6 Å². The first-order valence-electron chi connectivity index (χ1n) is 11.8. The zero-order valence-corrected chi connectivity index (χ0v) is 20.9. The predicted molar refractivity (Wildman–Crippen MR) is 136 cm³/mol. The van der Waals surface area contributed by atoms with Crippen LogP contribution in [0.1, 0.15) is 23.7 Å². The number of carbonyl (C=O) groups excluding carboxylic acids is 6. The van der Waals surface area contributed by atoms with Gasteiger partial charge in [-0.1, -0.05) is 30.3 Å². The van der Waals surface area contributed by atoms with Crippen LogP contribution in [-0.2, 0) is 33.5 Å². The molecule has 3 rings (SSSR count). The first-order valence-corrected chi connectivity index (χ1v) is 11.8. The fourth-order valence-electron chi connectivity index (χ4n) is 3.88. The summed E-state index contributed by atoms with van der Waals surface area (Å²) in [6.07, 6.45) is -0.392. The van der Waals surface area contributed by atoms with Gasteiger partial charge in [0.25, 0.3) is 17.7 Å². The average Bonchev–Trinajstić information content (AvgIpc) is 3.02. The standard InChI is InChI=1S/C26H26N4O9/c1-16(32)39-15-23(34)29-12-19(28-25(37)17-7-3-2-4-8-17)26(38)30(21-10-6-5-9-20(21)29)13-22(33)27-18(14-31)11-24(35)36/h2-10,14,18-19H,11-13,15H2,1H3,(H,27,33)(H,28,37)(H,35,36)/t18-,19-/m0/s1. The molecule has 0 saturated heterocycles. The Morgan fingerprint density at radius 1 is 1.05 bits per heavy atom. The van der Waals surface area contributed by atoms with Crippen molar-refractivity contribution in [2.45, 2.75) is 25.4 Å². The SMILES string of the molecule is CC(=O)OCC(=O)N1C[C@H](NC(=O)c2ccccc2)C(=O)N(CC(=O)N[C@H](C=O)CC(=O)O)c2ccccc21. The van der Waals surface area contributed by atoms with Gasteiger partial charge in [-0.3, -0.25) is 33.7 Å². The second-order valence-electron chi connectivity index (χ2n) is 8.50. The second kappa shape index (κ2) is 12.9. The van der Waals surface area contributed by atoms with Crippen LogP contribution in [-0.4, -0.2) is 78.7 Å². The van der Waals surface area contributed by atoms with Crippen LogP contribution in [0.3, 0.4) is 0 Å².